The number of hydrogen-bond donors (Lipinski definition) is 1. The van der Waals surface area contributed by atoms with Crippen LogP contribution in [0.5, 0.6) is 0 Å². The van der Waals surface area contributed by atoms with Crippen LogP contribution < -0.4 is 5.32 Å². The molecular weight excluding hydrogens is 206 g/mol. The van der Waals surface area contributed by atoms with Crippen molar-refractivity contribution < 1.29 is 0 Å². The molecule has 0 saturated heterocycles. The molecule has 0 bridgehead atoms. The number of benzene rings is 1. The van der Waals surface area contributed by atoms with Gasteiger partial charge >= 0.3 is 0 Å². The second kappa shape index (κ2) is 4.81. The van der Waals surface area contributed by atoms with Crippen molar-refractivity contribution in [2.75, 3.05) is 0 Å². The number of rotatable bonds is 4. The van der Waals surface area contributed by atoms with Crippen molar-refractivity contribution in [2.45, 2.75) is 57.5 Å². The van der Waals surface area contributed by atoms with Gasteiger partial charge in [-0.15, -0.1) is 0 Å². The van der Waals surface area contributed by atoms with E-state index in [-0.39, 0.29) is 0 Å². The highest BCUT2D eigenvalue weighted by Crippen LogP contribution is 2.41. The highest BCUT2D eigenvalue weighted by Gasteiger charge is 2.26. The summed E-state index contributed by atoms with van der Waals surface area (Å²) in [5.41, 5.74) is 3.14. The molecule has 1 nitrogen and oxygen atoms in total. The van der Waals surface area contributed by atoms with Gasteiger partial charge in [-0.2, -0.15) is 0 Å². The molecule has 0 heterocycles. The molecule has 0 amide bonds. The molecule has 2 aliphatic rings. The Kier molecular flexibility index (Phi) is 3.19. The third-order valence-electron chi connectivity index (χ3n) is 4.35. The summed E-state index contributed by atoms with van der Waals surface area (Å²) in [4.78, 5) is 0. The average molecular weight is 229 g/mol. The lowest BCUT2D eigenvalue weighted by Gasteiger charge is -2.14. The third kappa shape index (κ3) is 2.71. The third-order valence-corrected chi connectivity index (χ3v) is 4.35. The van der Waals surface area contributed by atoms with Crippen molar-refractivity contribution in [1.29, 1.82) is 0 Å². The normalized spacial score (nSPS) is 28.5. The van der Waals surface area contributed by atoms with E-state index in [1.54, 1.807) is 5.56 Å². The predicted molar refractivity (Wildman–Crippen MR) is 72.1 cm³/mol. The van der Waals surface area contributed by atoms with E-state index < -0.39 is 0 Å². The summed E-state index contributed by atoms with van der Waals surface area (Å²) in [7, 11) is 0. The number of hydrogen-bond acceptors (Lipinski definition) is 1. The first kappa shape index (κ1) is 11.3. The van der Waals surface area contributed by atoms with Gasteiger partial charge in [-0.1, -0.05) is 31.2 Å². The van der Waals surface area contributed by atoms with Crippen LogP contribution in [0.3, 0.4) is 0 Å². The Hall–Kier alpha value is -0.820. The monoisotopic (exact) mass is 229 g/mol. The van der Waals surface area contributed by atoms with E-state index in [4.69, 9.17) is 0 Å². The molecule has 17 heavy (non-hydrogen) atoms. The molecule has 2 atom stereocenters. The highest BCUT2D eigenvalue weighted by atomic mass is 14.9. The van der Waals surface area contributed by atoms with Gasteiger partial charge in [0, 0.05) is 12.6 Å². The lowest BCUT2D eigenvalue weighted by Crippen LogP contribution is -2.26. The zero-order valence-corrected chi connectivity index (χ0v) is 10.8. The van der Waals surface area contributed by atoms with Gasteiger partial charge in [0.1, 0.15) is 0 Å². The largest absolute Gasteiger partial charge is 0.310 e. The SMILES string of the molecule is CC1CCC(NCc2ccccc2C2CC2)C1. The first-order valence-electron chi connectivity index (χ1n) is 7.14. The van der Waals surface area contributed by atoms with Gasteiger partial charge in [0.2, 0.25) is 0 Å². The van der Waals surface area contributed by atoms with Gasteiger partial charge in [0.15, 0.2) is 0 Å². The van der Waals surface area contributed by atoms with E-state index in [9.17, 15) is 0 Å². The van der Waals surface area contributed by atoms with E-state index >= 15 is 0 Å². The summed E-state index contributed by atoms with van der Waals surface area (Å²) in [6, 6.07) is 9.76. The molecule has 2 unspecified atom stereocenters. The second-order valence-corrected chi connectivity index (χ2v) is 5.97. The van der Waals surface area contributed by atoms with Gasteiger partial charge in [0.05, 0.1) is 0 Å². The summed E-state index contributed by atoms with van der Waals surface area (Å²) in [5, 5.41) is 3.75. The van der Waals surface area contributed by atoms with Gasteiger partial charge in [0.25, 0.3) is 0 Å². The Balaban J connectivity index is 1.61. The minimum atomic E-state index is 0.761. The molecule has 0 spiro atoms. The molecule has 1 aromatic carbocycles. The fraction of sp³-hybridized carbons (Fsp3) is 0.625. The molecule has 2 aliphatic carbocycles. The van der Waals surface area contributed by atoms with Crippen LogP contribution in [0.2, 0.25) is 0 Å². The molecule has 0 aliphatic heterocycles. The zero-order valence-electron chi connectivity index (χ0n) is 10.8. The maximum absolute atomic E-state index is 3.75. The minimum absolute atomic E-state index is 0.761. The molecule has 1 N–H and O–H groups in total. The van der Waals surface area contributed by atoms with Gasteiger partial charge in [-0.05, 0) is 55.1 Å². The Morgan fingerprint density at radius 2 is 1.94 bits per heavy atom. The van der Waals surface area contributed by atoms with Crippen LogP contribution in [0, 0.1) is 5.92 Å². The van der Waals surface area contributed by atoms with Gasteiger partial charge in [-0.3, -0.25) is 0 Å². The van der Waals surface area contributed by atoms with E-state index in [0.29, 0.717) is 0 Å². The van der Waals surface area contributed by atoms with Crippen LogP contribution in [0.4, 0.5) is 0 Å². The fourth-order valence-electron chi connectivity index (χ4n) is 3.13. The zero-order chi connectivity index (χ0) is 11.7. The summed E-state index contributed by atoms with van der Waals surface area (Å²) in [6.07, 6.45) is 6.94. The standard InChI is InChI=1S/C16H23N/c1-12-6-9-15(10-12)17-11-14-4-2-3-5-16(14)13-7-8-13/h2-5,12-13,15,17H,6-11H2,1H3. The highest BCUT2D eigenvalue weighted by molar-refractivity contribution is 5.33. The van der Waals surface area contributed by atoms with Crippen molar-refractivity contribution in [3.8, 4) is 0 Å². The molecule has 2 saturated carbocycles. The maximum atomic E-state index is 3.75. The minimum Gasteiger partial charge on any atom is -0.310 e. The van der Waals surface area contributed by atoms with Crippen molar-refractivity contribution in [3.05, 3.63) is 35.4 Å². The van der Waals surface area contributed by atoms with E-state index in [1.807, 2.05) is 0 Å². The van der Waals surface area contributed by atoms with E-state index in [0.717, 1.165) is 24.4 Å². The molecule has 0 aromatic heterocycles. The Morgan fingerprint density at radius 3 is 2.65 bits per heavy atom. The maximum Gasteiger partial charge on any atom is 0.0210 e. The van der Waals surface area contributed by atoms with Crippen LogP contribution in [0.1, 0.15) is 56.1 Å². The van der Waals surface area contributed by atoms with Gasteiger partial charge < -0.3 is 5.32 Å². The van der Waals surface area contributed by atoms with Crippen LogP contribution in [0.15, 0.2) is 24.3 Å². The van der Waals surface area contributed by atoms with E-state index in [2.05, 4.69) is 36.5 Å². The molecular formula is C16H23N. The van der Waals surface area contributed by atoms with Crippen molar-refractivity contribution >= 4 is 0 Å². The Labute approximate surface area is 105 Å². The molecule has 1 aromatic rings. The fourth-order valence-corrected chi connectivity index (χ4v) is 3.13. The van der Waals surface area contributed by atoms with E-state index in [1.165, 1.54) is 37.7 Å². The quantitative estimate of drug-likeness (QED) is 0.827. The van der Waals surface area contributed by atoms with Crippen molar-refractivity contribution in [1.82, 2.24) is 5.32 Å². The first-order chi connectivity index (χ1) is 8.33. The molecule has 0 radical (unpaired) electrons. The summed E-state index contributed by atoms with van der Waals surface area (Å²) in [5.74, 6) is 1.79. The van der Waals surface area contributed by atoms with Crippen LogP contribution in [-0.2, 0) is 6.54 Å². The van der Waals surface area contributed by atoms with Crippen molar-refractivity contribution in [3.63, 3.8) is 0 Å². The summed E-state index contributed by atoms with van der Waals surface area (Å²) in [6.45, 7) is 3.45. The van der Waals surface area contributed by atoms with Gasteiger partial charge in [-0.25, -0.2) is 0 Å². The molecule has 2 fully saturated rings. The van der Waals surface area contributed by atoms with Crippen molar-refractivity contribution in [2.24, 2.45) is 5.92 Å². The Bertz CT molecular complexity index is 381. The lowest BCUT2D eigenvalue weighted by molar-refractivity contribution is 0.501. The average Bonchev–Trinajstić information content (AvgIpc) is 3.11. The Morgan fingerprint density at radius 1 is 1.12 bits per heavy atom. The summed E-state index contributed by atoms with van der Waals surface area (Å²) >= 11 is 0. The molecule has 1 heteroatoms. The van der Waals surface area contributed by atoms with Crippen LogP contribution in [0.25, 0.3) is 0 Å². The molecule has 3 rings (SSSR count). The lowest BCUT2D eigenvalue weighted by atomic mass is 10.0. The topological polar surface area (TPSA) is 12.0 Å². The predicted octanol–water partition coefficient (Wildman–Crippen LogP) is 3.84. The number of nitrogens with one attached hydrogen (secondary N) is 1. The first-order valence-corrected chi connectivity index (χ1v) is 7.14. The molecule has 92 valence electrons. The van der Waals surface area contributed by atoms with Crippen LogP contribution >= 0.6 is 0 Å². The summed E-state index contributed by atoms with van der Waals surface area (Å²) < 4.78 is 0. The smallest absolute Gasteiger partial charge is 0.0210 e. The van der Waals surface area contributed by atoms with Crippen LogP contribution in [-0.4, -0.2) is 6.04 Å². The second-order valence-electron chi connectivity index (χ2n) is 5.97.